The molecule has 3 aromatic rings. The Morgan fingerprint density at radius 3 is 2.18 bits per heavy atom. The lowest BCUT2D eigenvalue weighted by Gasteiger charge is -2.12. The van der Waals surface area contributed by atoms with Crippen LogP contribution in [0.2, 0.25) is 0 Å². The zero-order valence-corrected chi connectivity index (χ0v) is 12.0. The first kappa shape index (κ1) is 14.1. The summed E-state index contributed by atoms with van der Waals surface area (Å²) in [7, 11) is 0. The van der Waals surface area contributed by atoms with Gasteiger partial charge >= 0.3 is 0 Å². The maximum Gasteiger partial charge on any atom is 0.216 e. The van der Waals surface area contributed by atoms with Gasteiger partial charge < -0.3 is 4.98 Å². The monoisotopic (exact) mass is 292 g/mol. The maximum absolute atomic E-state index is 11.0. The lowest BCUT2D eigenvalue weighted by molar-refractivity contribution is -0.481. The Morgan fingerprint density at radius 1 is 0.909 bits per heavy atom. The molecule has 1 aromatic heterocycles. The number of aromatic nitrogens is 1. The molecule has 3 rings (SSSR count). The summed E-state index contributed by atoms with van der Waals surface area (Å²) < 4.78 is 0. The van der Waals surface area contributed by atoms with Crippen LogP contribution in [0, 0.1) is 10.1 Å². The lowest BCUT2D eigenvalue weighted by Crippen LogP contribution is -2.14. The minimum Gasteiger partial charge on any atom is -0.358 e. The summed E-state index contributed by atoms with van der Waals surface area (Å²) in [6.07, 6.45) is 0. The molecule has 0 unspecified atom stereocenters. The number of hydrogen-bond acceptors (Lipinski definition) is 2. The van der Waals surface area contributed by atoms with Crippen LogP contribution in [0.3, 0.4) is 0 Å². The molecule has 0 aliphatic carbocycles. The highest BCUT2D eigenvalue weighted by Crippen LogP contribution is 2.27. The van der Waals surface area contributed by atoms with Crippen LogP contribution in [-0.4, -0.2) is 16.5 Å². The van der Waals surface area contributed by atoms with Crippen LogP contribution in [-0.2, 0) is 0 Å². The molecule has 0 saturated heterocycles. The number of nitro groups is 1. The van der Waals surface area contributed by atoms with E-state index in [2.05, 4.69) is 4.98 Å². The van der Waals surface area contributed by atoms with Crippen molar-refractivity contribution in [1.82, 2.24) is 4.98 Å². The fraction of sp³-hybridized carbons (Fsp3) is 0.111. The van der Waals surface area contributed by atoms with Crippen molar-refractivity contribution in [2.75, 3.05) is 6.54 Å². The minimum absolute atomic E-state index is 0.126. The Labute approximate surface area is 128 Å². The predicted molar refractivity (Wildman–Crippen MR) is 86.4 cm³/mol. The van der Waals surface area contributed by atoms with Gasteiger partial charge in [-0.1, -0.05) is 60.7 Å². The van der Waals surface area contributed by atoms with E-state index >= 15 is 0 Å². The zero-order valence-electron chi connectivity index (χ0n) is 12.0. The van der Waals surface area contributed by atoms with Gasteiger partial charge in [-0.2, -0.15) is 0 Å². The van der Waals surface area contributed by atoms with Crippen molar-refractivity contribution in [2.45, 2.75) is 5.92 Å². The van der Waals surface area contributed by atoms with Crippen molar-refractivity contribution in [3.8, 4) is 11.3 Å². The van der Waals surface area contributed by atoms with E-state index in [1.54, 1.807) is 0 Å². The topological polar surface area (TPSA) is 58.9 Å². The maximum atomic E-state index is 11.0. The third-order valence-corrected chi connectivity index (χ3v) is 3.70. The van der Waals surface area contributed by atoms with Crippen molar-refractivity contribution in [3.05, 3.63) is 94.2 Å². The second-order valence-corrected chi connectivity index (χ2v) is 5.17. The fourth-order valence-electron chi connectivity index (χ4n) is 2.62. The van der Waals surface area contributed by atoms with Gasteiger partial charge in [0.15, 0.2) is 0 Å². The summed E-state index contributed by atoms with van der Waals surface area (Å²) in [5.74, 6) is -0.270. The van der Waals surface area contributed by atoms with Crippen LogP contribution >= 0.6 is 0 Å². The number of nitrogens with zero attached hydrogens (tertiary/aromatic N) is 1. The summed E-state index contributed by atoms with van der Waals surface area (Å²) >= 11 is 0. The SMILES string of the molecule is O=[N+]([O-])C[C@H](c1ccccc1)c1ccc(-c2ccccc2)[nH]1. The van der Waals surface area contributed by atoms with Gasteiger partial charge in [0.1, 0.15) is 0 Å². The van der Waals surface area contributed by atoms with E-state index in [-0.39, 0.29) is 17.4 Å². The molecule has 110 valence electrons. The Morgan fingerprint density at radius 2 is 1.55 bits per heavy atom. The van der Waals surface area contributed by atoms with E-state index in [0.29, 0.717) is 0 Å². The van der Waals surface area contributed by atoms with Crippen molar-refractivity contribution < 1.29 is 4.92 Å². The number of aromatic amines is 1. The largest absolute Gasteiger partial charge is 0.358 e. The second-order valence-electron chi connectivity index (χ2n) is 5.17. The molecular formula is C18H16N2O2. The van der Waals surface area contributed by atoms with Gasteiger partial charge in [-0.3, -0.25) is 10.1 Å². The van der Waals surface area contributed by atoms with Crippen molar-refractivity contribution in [2.24, 2.45) is 0 Å². The molecule has 0 saturated carbocycles. The van der Waals surface area contributed by atoms with Crippen LogP contribution in [0.25, 0.3) is 11.3 Å². The van der Waals surface area contributed by atoms with Gasteiger partial charge in [-0.15, -0.1) is 0 Å². The molecule has 1 atom stereocenters. The van der Waals surface area contributed by atoms with E-state index in [1.165, 1.54) is 0 Å². The standard InChI is InChI=1S/C18H16N2O2/c21-20(22)13-16(14-7-3-1-4-8-14)18-12-11-17(19-18)15-9-5-2-6-10-15/h1-12,16,19H,13H2/t16-/m1/s1. The molecule has 4 nitrogen and oxygen atoms in total. The smallest absolute Gasteiger partial charge is 0.216 e. The van der Waals surface area contributed by atoms with Crippen molar-refractivity contribution in [3.63, 3.8) is 0 Å². The highest BCUT2D eigenvalue weighted by atomic mass is 16.6. The molecule has 0 aliphatic heterocycles. The Kier molecular flexibility index (Phi) is 4.01. The normalized spacial score (nSPS) is 12.0. The van der Waals surface area contributed by atoms with Gasteiger partial charge in [0, 0.05) is 16.3 Å². The molecule has 0 bridgehead atoms. The average molecular weight is 292 g/mol. The van der Waals surface area contributed by atoms with Crippen molar-refractivity contribution >= 4 is 0 Å². The zero-order chi connectivity index (χ0) is 15.4. The van der Waals surface area contributed by atoms with Crippen LogP contribution < -0.4 is 0 Å². The van der Waals surface area contributed by atoms with Crippen LogP contribution in [0.5, 0.6) is 0 Å². The first-order valence-corrected chi connectivity index (χ1v) is 7.15. The highest BCUT2D eigenvalue weighted by Gasteiger charge is 2.21. The Hall–Kier alpha value is -2.88. The number of rotatable bonds is 5. The molecular weight excluding hydrogens is 276 g/mol. The lowest BCUT2D eigenvalue weighted by atomic mass is 9.96. The predicted octanol–water partition coefficient (Wildman–Crippen LogP) is 4.09. The fourth-order valence-corrected chi connectivity index (χ4v) is 2.62. The molecule has 0 radical (unpaired) electrons. The van der Waals surface area contributed by atoms with Gasteiger partial charge in [0.2, 0.25) is 6.54 Å². The minimum atomic E-state index is -0.270. The molecule has 22 heavy (non-hydrogen) atoms. The van der Waals surface area contributed by atoms with E-state index in [4.69, 9.17) is 0 Å². The van der Waals surface area contributed by atoms with E-state index in [1.807, 2.05) is 72.8 Å². The number of H-pyrrole nitrogens is 1. The Balaban J connectivity index is 1.95. The summed E-state index contributed by atoms with van der Waals surface area (Å²) in [5, 5.41) is 11.0. The van der Waals surface area contributed by atoms with Gasteiger partial charge in [-0.05, 0) is 23.3 Å². The summed E-state index contributed by atoms with van der Waals surface area (Å²) in [6, 6.07) is 23.4. The van der Waals surface area contributed by atoms with Gasteiger partial charge in [0.25, 0.3) is 0 Å². The van der Waals surface area contributed by atoms with E-state index < -0.39 is 0 Å². The van der Waals surface area contributed by atoms with Crippen LogP contribution in [0.4, 0.5) is 0 Å². The van der Waals surface area contributed by atoms with Crippen LogP contribution in [0.15, 0.2) is 72.8 Å². The number of hydrogen-bond donors (Lipinski definition) is 1. The highest BCUT2D eigenvalue weighted by molar-refractivity contribution is 5.60. The molecule has 0 fully saturated rings. The first-order valence-electron chi connectivity index (χ1n) is 7.15. The summed E-state index contributed by atoms with van der Waals surface area (Å²) in [5.41, 5.74) is 3.85. The van der Waals surface area contributed by atoms with E-state index in [9.17, 15) is 10.1 Å². The Bertz CT molecular complexity index is 751. The summed E-state index contributed by atoms with van der Waals surface area (Å²) in [6.45, 7) is -0.126. The second kappa shape index (κ2) is 6.26. The van der Waals surface area contributed by atoms with E-state index in [0.717, 1.165) is 22.5 Å². The molecule has 4 heteroatoms. The molecule has 1 heterocycles. The average Bonchev–Trinajstić information content (AvgIpc) is 3.04. The number of nitrogens with one attached hydrogen (secondary N) is 1. The molecule has 0 aliphatic rings. The number of benzene rings is 2. The molecule has 2 aromatic carbocycles. The third-order valence-electron chi connectivity index (χ3n) is 3.70. The quantitative estimate of drug-likeness (QED) is 0.568. The molecule has 1 N–H and O–H groups in total. The van der Waals surface area contributed by atoms with Gasteiger partial charge in [0.05, 0.1) is 5.92 Å². The molecule has 0 amide bonds. The van der Waals surface area contributed by atoms with Crippen molar-refractivity contribution in [1.29, 1.82) is 0 Å². The van der Waals surface area contributed by atoms with Crippen LogP contribution in [0.1, 0.15) is 17.2 Å². The summed E-state index contributed by atoms with van der Waals surface area (Å²) in [4.78, 5) is 14.1. The first-order chi connectivity index (χ1) is 10.7. The third kappa shape index (κ3) is 3.06. The molecule has 0 spiro atoms. The van der Waals surface area contributed by atoms with Gasteiger partial charge in [-0.25, -0.2) is 0 Å².